The van der Waals surface area contributed by atoms with Crippen molar-refractivity contribution in [1.29, 1.82) is 0 Å². The smallest absolute Gasteiger partial charge is 0.221 e. The van der Waals surface area contributed by atoms with Crippen LogP contribution in [0, 0.1) is 18.6 Å². The lowest BCUT2D eigenvalue weighted by atomic mass is 10.1. The zero-order valence-electron chi connectivity index (χ0n) is 15.7. The molecule has 0 amide bonds. The normalized spacial score (nSPS) is 15.3. The molecule has 0 atom stereocenters. The average Bonchev–Trinajstić information content (AvgIpc) is 3.03. The summed E-state index contributed by atoms with van der Waals surface area (Å²) in [7, 11) is 0. The summed E-state index contributed by atoms with van der Waals surface area (Å²) in [6, 6.07) is 16.8. The van der Waals surface area contributed by atoms with Gasteiger partial charge in [-0.05, 0) is 60.3 Å². The van der Waals surface area contributed by atoms with Crippen LogP contribution >= 0.6 is 12.2 Å². The van der Waals surface area contributed by atoms with Gasteiger partial charge in [-0.25, -0.2) is 4.68 Å². The van der Waals surface area contributed by atoms with E-state index in [0.29, 0.717) is 11.4 Å². The minimum atomic E-state index is 0.632. The average molecular weight is 381 g/mol. The van der Waals surface area contributed by atoms with Crippen LogP contribution < -0.4 is 4.90 Å². The standard InChI is InChI=1S/C20H24N6S/c1-16-8-9-19(17(2)14-16)26-20(27)25(21-22-26)15-23-10-12-24(13-11-23)18-6-4-3-5-7-18/h3-9,14H,10-13,15H2,1-2H3. The Hall–Kier alpha value is -2.51. The monoisotopic (exact) mass is 380 g/mol. The highest BCUT2D eigenvalue weighted by atomic mass is 32.1. The molecule has 2 aromatic carbocycles. The van der Waals surface area contributed by atoms with E-state index in [2.05, 4.69) is 82.6 Å². The zero-order valence-corrected chi connectivity index (χ0v) is 16.6. The number of rotatable bonds is 4. The number of anilines is 1. The van der Waals surface area contributed by atoms with Crippen molar-refractivity contribution in [2.45, 2.75) is 20.5 Å². The van der Waals surface area contributed by atoms with Crippen molar-refractivity contribution in [2.75, 3.05) is 31.1 Å². The van der Waals surface area contributed by atoms with Crippen molar-refractivity contribution in [3.8, 4) is 5.69 Å². The lowest BCUT2D eigenvalue weighted by molar-refractivity contribution is 0.193. The largest absolute Gasteiger partial charge is 0.369 e. The molecule has 1 saturated heterocycles. The van der Waals surface area contributed by atoms with Crippen LogP contribution in [0.25, 0.3) is 5.69 Å². The van der Waals surface area contributed by atoms with E-state index in [4.69, 9.17) is 12.2 Å². The number of aryl methyl sites for hydroxylation is 2. The maximum Gasteiger partial charge on any atom is 0.221 e. The van der Waals surface area contributed by atoms with E-state index in [1.807, 2.05) is 4.68 Å². The first kappa shape index (κ1) is 17.9. The Balaban J connectivity index is 1.44. The number of para-hydroxylation sites is 1. The van der Waals surface area contributed by atoms with Gasteiger partial charge in [0.25, 0.3) is 0 Å². The van der Waals surface area contributed by atoms with Crippen LogP contribution in [-0.2, 0) is 6.67 Å². The molecule has 0 aliphatic carbocycles. The number of aromatic nitrogens is 4. The van der Waals surface area contributed by atoms with Crippen LogP contribution in [-0.4, -0.2) is 50.9 Å². The van der Waals surface area contributed by atoms with E-state index >= 15 is 0 Å². The van der Waals surface area contributed by atoms with Crippen LogP contribution in [0.1, 0.15) is 11.1 Å². The number of hydrogen-bond donors (Lipinski definition) is 0. The third-order valence-electron chi connectivity index (χ3n) is 5.05. The molecule has 0 radical (unpaired) electrons. The first-order valence-electron chi connectivity index (χ1n) is 9.24. The molecule has 1 fully saturated rings. The van der Waals surface area contributed by atoms with Gasteiger partial charge in [-0.15, -0.1) is 0 Å². The van der Waals surface area contributed by atoms with Crippen LogP contribution in [0.4, 0.5) is 5.69 Å². The summed E-state index contributed by atoms with van der Waals surface area (Å²) in [5.41, 5.74) is 4.65. The summed E-state index contributed by atoms with van der Waals surface area (Å²) in [5, 5.41) is 8.59. The topological polar surface area (TPSA) is 42.1 Å². The molecule has 4 rings (SSSR count). The van der Waals surface area contributed by atoms with Crippen molar-refractivity contribution >= 4 is 17.9 Å². The van der Waals surface area contributed by atoms with Gasteiger partial charge in [0.2, 0.25) is 4.77 Å². The SMILES string of the molecule is Cc1ccc(-n2nnn(CN3CCN(c4ccccc4)CC3)c2=S)c(C)c1. The first-order chi connectivity index (χ1) is 13.1. The molecule has 2 heterocycles. The van der Waals surface area contributed by atoms with Crippen molar-refractivity contribution in [3.05, 3.63) is 64.4 Å². The van der Waals surface area contributed by atoms with E-state index in [9.17, 15) is 0 Å². The fourth-order valence-corrected chi connectivity index (χ4v) is 3.76. The summed E-state index contributed by atoms with van der Waals surface area (Å²) < 4.78 is 4.20. The fraction of sp³-hybridized carbons (Fsp3) is 0.350. The third kappa shape index (κ3) is 3.79. The number of nitrogens with zero attached hydrogens (tertiary/aromatic N) is 6. The Morgan fingerprint density at radius 3 is 2.37 bits per heavy atom. The molecule has 0 bridgehead atoms. The minimum Gasteiger partial charge on any atom is -0.369 e. The second-order valence-electron chi connectivity index (χ2n) is 7.04. The molecule has 0 N–H and O–H groups in total. The highest BCUT2D eigenvalue weighted by Gasteiger charge is 2.18. The molecule has 6 nitrogen and oxygen atoms in total. The molecule has 1 aliphatic heterocycles. The molecule has 0 spiro atoms. The number of hydrogen-bond acceptors (Lipinski definition) is 5. The Bertz CT molecular complexity index is 970. The van der Waals surface area contributed by atoms with E-state index in [0.717, 1.165) is 37.4 Å². The fourth-order valence-electron chi connectivity index (χ4n) is 3.53. The molecular weight excluding hydrogens is 356 g/mol. The van der Waals surface area contributed by atoms with Crippen LogP contribution in [0.5, 0.6) is 0 Å². The Kier molecular flexibility index (Phi) is 5.05. The van der Waals surface area contributed by atoms with E-state index in [-0.39, 0.29) is 0 Å². The Morgan fingerprint density at radius 2 is 1.67 bits per heavy atom. The summed E-state index contributed by atoms with van der Waals surface area (Å²) in [5.74, 6) is 0. The summed E-state index contributed by atoms with van der Waals surface area (Å²) in [4.78, 5) is 4.79. The third-order valence-corrected chi connectivity index (χ3v) is 5.43. The first-order valence-corrected chi connectivity index (χ1v) is 9.65. The summed E-state index contributed by atoms with van der Waals surface area (Å²) >= 11 is 5.63. The summed E-state index contributed by atoms with van der Waals surface area (Å²) in [6.45, 7) is 8.80. The number of tetrazole rings is 1. The van der Waals surface area contributed by atoms with Crippen molar-refractivity contribution in [1.82, 2.24) is 24.7 Å². The molecule has 27 heavy (non-hydrogen) atoms. The summed E-state index contributed by atoms with van der Waals surface area (Å²) in [6.07, 6.45) is 0. The van der Waals surface area contributed by atoms with Crippen molar-refractivity contribution in [2.24, 2.45) is 0 Å². The van der Waals surface area contributed by atoms with Gasteiger partial charge >= 0.3 is 0 Å². The predicted octanol–water partition coefficient (Wildman–Crippen LogP) is 3.19. The molecular formula is C20H24N6S. The second kappa shape index (κ2) is 7.62. The van der Waals surface area contributed by atoms with Gasteiger partial charge in [0.1, 0.15) is 0 Å². The lowest BCUT2D eigenvalue weighted by Crippen LogP contribution is -2.47. The van der Waals surface area contributed by atoms with Crippen molar-refractivity contribution < 1.29 is 0 Å². The van der Waals surface area contributed by atoms with Gasteiger partial charge in [0.15, 0.2) is 0 Å². The van der Waals surface area contributed by atoms with Gasteiger partial charge in [-0.3, -0.25) is 4.90 Å². The Morgan fingerprint density at radius 1 is 0.926 bits per heavy atom. The van der Waals surface area contributed by atoms with Gasteiger partial charge in [-0.2, -0.15) is 4.68 Å². The van der Waals surface area contributed by atoms with Crippen LogP contribution in [0.2, 0.25) is 0 Å². The number of benzene rings is 2. The Labute approximate surface area is 164 Å². The highest BCUT2D eigenvalue weighted by Crippen LogP contribution is 2.17. The molecule has 3 aromatic rings. The predicted molar refractivity (Wildman–Crippen MR) is 110 cm³/mol. The minimum absolute atomic E-state index is 0.632. The van der Waals surface area contributed by atoms with E-state index < -0.39 is 0 Å². The quantitative estimate of drug-likeness (QED) is 0.650. The molecule has 7 heteroatoms. The maximum absolute atomic E-state index is 5.63. The molecule has 0 saturated carbocycles. The zero-order chi connectivity index (χ0) is 18.8. The lowest BCUT2D eigenvalue weighted by Gasteiger charge is -2.35. The van der Waals surface area contributed by atoms with Gasteiger partial charge < -0.3 is 4.90 Å². The molecule has 0 unspecified atom stereocenters. The van der Waals surface area contributed by atoms with Crippen molar-refractivity contribution in [3.63, 3.8) is 0 Å². The van der Waals surface area contributed by atoms with E-state index in [1.165, 1.54) is 11.3 Å². The van der Waals surface area contributed by atoms with Crippen LogP contribution in [0.3, 0.4) is 0 Å². The highest BCUT2D eigenvalue weighted by molar-refractivity contribution is 7.71. The molecule has 140 valence electrons. The molecule has 1 aliphatic rings. The second-order valence-corrected chi connectivity index (χ2v) is 7.41. The van der Waals surface area contributed by atoms with Crippen LogP contribution in [0.15, 0.2) is 48.5 Å². The maximum atomic E-state index is 5.63. The van der Waals surface area contributed by atoms with E-state index in [1.54, 1.807) is 4.68 Å². The molecule has 1 aromatic heterocycles. The van der Waals surface area contributed by atoms with Gasteiger partial charge in [-0.1, -0.05) is 35.9 Å². The number of piperazine rings is 1. The van der Waals surface area contributed by atoms with Gasteiger partial charge in [0, 0.05) is 31.9 Å². The van der Waals surface area contributed by atoms with Gasteiger partial charge in [0.05, 0.1) is 12.4 Å².